The van der Waals surface area contributed by atoms with Crippen LogP contribution in [0.5, 0.6) is 0 Å². The zero-order valence-corrected chi connectivity index (χ0v) is 8.31. The highest BCUT2D eigenvalue weighted by molar-refractivity contribution is 6.03. The fourth-order valence-corrected chi connectivity index (χ4v) is 1.78. The van der Waals surface area contributed by atoms with Crippen LogP contribution >= 0.6 is 0 Å². The molecule has 0 bridgehead atoms. The van der Waals surface area contributed by atoms with Crippen molar-refractivity contribution in [2.24, 2.45) is 4.99 Å². The first-order chi connectivity index (χ1) is 6.22. The molecule has 0 radical (unpaired) electrons. The van der Waals surface area contributed by atoms with Crippen molar-refractivity contribution in [3.63, 3.8) is 0 Å². The average Bonchev–Trinajstić information content (AvgIpc) is 2.48. The van der Waals surface area contributed by atoms with Gasteiger partial charge in [-0.15, -0.1) is 0 Å². The maximum absolute atomic E-state index is 4.43. The molecular formula is C11H14N2. The number of aliphatic imine (C=N–C) groups is 1. The third-order valence-corrected chi connectivity index (χ3v) is 2.63. The lowest BCUT2D eigenvalue weighted by molar-refractivity contribution is 1.08. The van der Waals surface area contributed by atoms with Crippen LogP contribution in [0.15, 0.2) is 17.1 Å². The van der Waals surface area contributed by atoms with E-state index in [0.717, 1.165) is 12.3 Å². The first-order valence-corrected chi connectivity index (χ1v) is 4.55. The number of rotatable bonds is 1. The summed E-state index contributed by atoms with van der Waals surface area (Å²) in [4.78, 5) is 4.43. The summed E-state index contributed by atoms with van der Waals surface area (Å²) in [6, 6.07) is 4.35. The molecule has 0 saturated carbocycles. The van der Waals surface area contributed by atoms with E-state index in [1.807, 2.05) is 7.05 Å². The fourth-order valence-electron chi connectivity index (χ4n) is 1.78. The Bertz CT molecular complexity index is 378. The molecule has 0 aliphatic carbocycles. The highest BCUT2D eigenvalue weighted by Crippen LogP contribution is 2.26. The lowest BCUT2D eigenvalue weighted by atomic mass is 10.0. The molecule has 0 unspecified atom stereocenters. The summed E-state index contributed by atoms with van der Waals surface area (Å²) in [5, 5.41) is 3.16. The van der Waals surface area contributed by atoms with Crippen LogP contribution in [0.1, 0.15) is 23.6 Å². The van der Waals surface area contributed by atoms with Crippen LogP contribution in [0.2, 0.25) is 0 Å². The number of nitrogens with one attached hydrogen (secondary N) is 1. The van der Waals surface area contributed by atoms with Gasteiger partial charge in [-0.05, 0) is 37.1 Å². The van der Waals surface area contributed by atoms with Crippen molar-refractivity contribution in [1.82, 2.24) is 0 Å². The van der Waals surface area contributed by atoms with E-state index in [4.69, 9.17) is 0 Å². The Morgan fingerprint density at radius 3 is 2.77 bits per heavy atom. The van der Waals surface area contributed by atoms with Gasteiger partial charge in [-0.1, -0.05) is 0 Å². The number of fused-ring (bicyclic) bond motifs is 1. The first-order valence-electron chi connectivity index (χ1n) is 4.55. The Hall–Kier alpha value is -1.31. The zero-order valence-electron chi connectivity index (χ0n) is 8.31. The van der Waals surface area contributed by atoms with Crippen molar-refractivity contribution in [3.8, 4) is 0 Å². The molecule has 1 aromatic carbocycles. The topological polar surface area (TPSA) is 24.4 Å². The molecular weight excluding hydrogens is 160 g/mol. The molecule has 0 aromatic heterocycles. The Labute approximate surface area is 78.7 Å². The monoisotopic (exact) mass is 174 g/mol. The molecule has 2 nitrogen and oxygen atoms in total. The van der Waals surface area contributed by atoms with Gasteiger partial charge in [-0.3, -0.25) is 4.99 Å². The van der Waals surface area contributed by atoms with Crippen LogP contribution in [0.3, 0.4) is 0 Å². The van der Waals surface area contributed by atoms with Gasteiger partial charge in [0.1, 0.15) is 0 Å². The van der Waals surface area contributed by atoms with Crippen molar-refractivity contribution in [2.75, 3.05) is 12.4 Å². The van der Waals surface area contributed by atoms with E-state index in [2.05, 4.69) is 36.3 Å². The standard InChI is InChI=1S/C11H14N2/c1-7-4-9(12-3)5-10-8(2)13-6-11(7)10/h4-5,12H,6H2,1-3H3. The highest BCUT2D eigenvalue weighted by Gasteiger charge is 2.14. The molecule has 2 heteroatoms. The van der Waals surface area contributed by atoms with Crippen molar-refractivity contribution in [2.45, 2.75) is 20.4 Å². The predicted octanol–water partition coefficient (Wildman–Crippen LogP) is 2.36. The van der Waals surface area contributed by atoms with Crippen LogP contribution in [0.4, 0.5) is 5.69 Å². The van der Waals surface area contributed by atoms with Gasteiger partial charge >= 0.3 is 0 Å². The van der Waals surface area contributed by atoms with Crippen LogP contribution in [-0.2, 0) is 6.54 Å². The minimum absolute atomic E-state index is 0.858. The fraction of sp³-hybridized carbons (Fsp3) is 0.364. The zero-order chi connectivity index (χ0) is 9.42. The quantitative estimate of drug-likeness (QED) is 0.694. The molecule has 1 heterocycles. The molecule has 0 fully saturated rings. The first kappa shape index (κ1) is 8.30. The third-order valence-electron chi connectivity index (χ3n) is 2.63. The largest absolute Gasteiger partial charge is 0.388 e. The Kier molecular flexibility index (Phi) is 1.83. The summed E-state index contributed by atoms with van der Waals surface area (Å²) in [5.74, 6) is 0. The van der Waals surface area contributed by atoms with E-state index in [1.165, 1.54) is 22.4 Å². The van der Waals surface area contributed by atoms with Gasteiger partial charge in [-0.2, -0.15) is 0 Å². The van der Waals surface area contributed by atoms with E-state index in [9.17, 15) is 0 Å². The lowest BCUT2D eigenvalue weighted by Gasteiger charge is -2.07. The molecule has 0 spiro atoms. The van der Waals surface area contributed by atoms with Gasteiger partial charge in [0.2, 0.25) is 0 Å². The van der Waals surface area contributed by atoms with Crippen molar-refractivity contribution in [1.29, 1.82) is 0 Å². The van der Waals surface area contributed by atoms with Gasteiger partial charge < -0.3 is 5.32 Å². The normalized spacial score (nSPS) is 13.9. The van der Waals surface area contributed by atoms with Crippen LogP contribution in [-0.4, -0.2) is 12.8 Å². The van der Waals surface area contributed by atoms with Crippen molar-refractivity contribution in [3.05, 3.63) is 28.8 Å². The minimum atomic E-state index is 0.858. The Morgan fingerprint density at radius 2 is 2.08 bits per heavy atom. The molecule has 1 N–H and O–H groups in total. The summed E-state index contributed by atoms with van der Waals surface area (Å²) in [5.41, 5.74) is 6.37. The molecule has 0 saturated heterocycles. The molecule has 1 aliphatic heterocycles. The van der Waals surface area contributed by atoms with E-state index in [0.29, 0.717) is 0 Å². The summed E-state index contributed by atoms with van der Waals surface area (Å²) < 4.78 is 0. The van der Waals surface area contributed by atoms with Gasteiger partial charge in [0.15, 0.2) is 0 Å². The van der Waals surface area contributed by atoms with Crippen molar-refractivity contribution < 1.29 is 0 Å². The molecule has 0 amide bonds. The summed E-state index contributed by atoms with van der Waals surface area (Å²) in [7, 11) is 1.95. The van der Waals surface area contributed by atoms with E-state index < -0.39 is 0 Å². The molecule has 13 heavy (non-hydrogen) atoms. The predicted molar refractivity (Wildman–Crippen MR) is 56.6 cm³/mol. The number of hydrogen-bond donors (Lipinski definition) is 1. The second-order valence-electron chi connectivity index (χ2n) is 3.47. The molecule has 1 aliphatic rings. The average molecular weight is 174 g/mol. The summed E-state index contributed by atoms with van der Waals surface area (Å²) >= 11 is 0. The van der Waals surface area contributed by atoms with Gasteiger partial charge in [0, 0.05) is 24.0 Å². The van der Waals surface area contributed by atoms with Gasteiger partial charge in [0.05, 0.1) is 6.54 Å². The van der Waals surface area contributed by atoms with E-state index in [-0.39, 0.29) is 0 Å². The number of benzene rings is 1. The molecule has 2 rings (SSSR count). The Morgan fingerprint density at radius 1 is 1.31 bits per heavy atom. The smallest absolute Gasteiger partial charge is 0.0652 e. The maximum Gasteiger partial charge on any atom is 0.0652 e. The molecule has 1 aromatic rings. The minimum Gasteiger partial charge on any atom is -0.388 e. The van der Waals surface area contributed by atoms with Gasteiger partial charge in [0.25, 0.3) is 0 Å². The van der Waals surface area contributed by atoms with Crippen molar-refractivity contribution >= 4 is 11.4 Å². The maximum atomic E-state index is 4.43. The van der Waals surface area contributed by atoms with Gasteiger partial charge in [-0.25, -0.2) is 0 Å². The second-order valence-corrected chi connectivity index (χ2v) is 3.47. The summed E-state index contributed by atoms with van der Waals surface area (Å²) in [6.07, 6.45) is 0. The highest BCUT2D eigenvalue weighted by atomic mass is 14.8. The molecule has 0 atom stereocenters. The number of anilines is 1. The summed E-state index contributed by atoms with van der Waals surface area (Å²) in [6.45, 7) is 5.08. The SMILES string of the molecule is CNc1cc(C)c2c(c1)C(C)=NC2. The lowest BCUT2D eigenvalue weighted by Crippen LogP contribution is -1.98. The van der Waals surface area contributed by atoms with Crippen LogP contribution < -0.4 is 5.32 Å². The number of hydrogen-bond acceptors (Lipinski definition) is 2. The molecule has 68 valence electrons. The van der Waals surface area contributed by atoms with Crippen LogP contribution in [0, 0.1) is 6.92 Å². The number of aryl methyl sites for hydroxylation is 1. The third kappa shape index (κ3) is 1.22. The Balaban J connectivity index is 2.59. The van der Waals surface area contributed by atoms with Crippen LogP contribution in [0.25, 0.3) is 0 Å². The number of nitrogens with zero attached hydrogens (tertiary/aromatic N) is 1. The van der Waals surface area contributed by atoms with E-state index in [1.54, 1.807) is 0 Å². The van der Waals surface area contributed by atoms with E-state index >= 15 is 0 Å². The second kappa shape index (κ2) is 2.87.